The van der Waals surface area contributed by atoms with Gasteiger partial charge in [0, 0.05) is 30.6 Å². The average Bonchev–Trinajstić information content (AvgIpc) is 2.69. The summed E-state index contributed by atoms with van der Waals surface area (Å²) in [5.41, 5.74) is 2.03. The Morgan fingerprint density at radius 2 is 1.97 bits per heavy atom. The van der Waals surface area contributed by atoms with Crippen molar-refractivity contribution in [3.05, 3.63) is 75.8 Å². The molecular formula is C23H26FN3O3. The molecule has 1 heterocycles. The molecule has 3 aromatic rings. The van der Waals surface area contributed by atoms with Crippen LogP contribution >= 0.6 is 0 Å². The van der Waals surface area contributed by atoms with Gasteiger partial charge in [-0.1, -0.05) is 12.1 Å². The topological polar surface area (TPSA) is 63.6 Å². The largest absolute Gasteiger partial charge is 0.484 e. The van der Waals surface area contributed by atoms with E-state index in [1.165, 1.54) is 12.1 Å². The van der Waals surface area contributed by atoms with Gasteiger partial charge in [0.05, 0.1) is 12.1 Å². The Labute approximate surface area is 174 Å². The number of halogens is 1. The fourth-order valence-corrected chi connectivity index (χ4v) is 3.22. The standard InChI is InChI=1S/C23H26FN3O3/c1-16-11-23(29)27(14-17-5-4-6-18(24)12-17)21-13-19(7-8-20(16)21)30-15-22(28)25-9-10-26(2)3/h4-8,11-13H,9-10,14-15H2,1-3H3,(H,25,28). The number of amides is 1. The van der Waals surface area contributed by atoms with Gasteiger partial charge in [-0.15, -0.1) is 0 Å². The zero-order valence-electron chi connectivity index (χ0n) is 17.4. The van der Waals surface area contributed by atoms with Gasteiger partial charge in [0.2, 0.25) is 0 Å². The van der Waals surface area contributed by atoms with E-state index in [1.807, 2.05) is 32.0 Å². The molecule has 158 valence electrons. The summed E-state index contributed by atoms with van der Waals surface area (Å²) in [4.78, 5) is 26.6. The normalized spacial score (nSPS) is 11.1. The van der Waals surface area contributed by atoms with E-state index in [4.69, 9.17) is 4.74 Å². The summed E-state index contributed by atoms with van der Waals surface area (Å²) in [7, 11) is 3.87. The first-order valence-corrected chi connectivity index (χ1v) is 9.76. The first kappa shape index (κ1) is 21.5. The third-order valence-electron chi connectivity index (χ3n) is 4.77. The summed E-state index contributed by atoms with van der Waals surface area (Å²) in [6.07, 6.45) is 0. The van der Waals surface area contributed by atoms with Gasteiger partial charge >= 0.3 is 0 Å². The monoisotopic (exact) mass is 411 g/mol. The molecule has 3 rings (SSSR count). The number of pyridine rings is 1. The van der Waals surface area contributed by atoms with Crippen LogP contribution < -0.4 is 15.6 Å². The molecule has 0 bridgehead atoms. The first-order valence-electron chi connectivity index (χ1n) is 9.76. The Balaban J connectivity index is 1.83. The highest BCUT2D eigenvalue weighted by Gasteiger charge is 2.10. The van der Waals surface area contributed by atoms with Crippen LogP contribution in [0.2, 0.25) is 0 Å². The van der Waals surface area contributed by atoms with E-state index in [-0.39, 0.29) is 30.4 Å². The molecule has 0 fully saturated rings. The summed E-state index contributed by atoms with van der Waals surface area (Å²) in [5.74, 6) is -0.0668. The van der Waals surface area contributed by atoms with E-state index in [1.54, 1.807) is 34.9 Å². The van der Waals surface area contributed by atoms with Gasteiger partial charge in [-0.3, -0.25) is 9.59 Å². The minimum absolute atomic E-state index is 0.112. The molecule has 1 aromatic heterocycles. The van der Waals surface area contributed by atoms with Crippen LogP contribution in [0.3, 0.4) is 0 Å². The van der Waals surface area contributed by atoms with E-state index in [9.17, 15) is 14.0 Å². The molecule has 0 spiro atoms. The lowest BCUT2D eigenvalue weighted by Crippen LogP contribution is -2.34. The molecule has 0 radical (unpaired) electrons. The molecule has 0 saturated heterocycles. The summed E-state index contributed by atoms with van der Waals surface area (Å²) < 4.78 is 20.8. The Kier molecular flexibility index (Phi) is 6.84. The predicted molar refractivity (Wildman–Crippen MR) is 116 cm³/mol. The third kappa shape index (κ3) is 5.45. The van der Waals surface area contributed by atoms with Crippen molar-refractivity contribution in [2.45, 2.75) is 13.5 Å². The van der Waals surface area contributed by atoms with Crippen LogP contribution in [-0.2, 0) is 11.3 Å². The third-order valence-corrected chi connectivity index (χ3v) is 4.77. The van der Waals surface area contributed by atoms with Crippen LogP contribution in [0.4, 0.5) is 4.39 Å². The van der Waals surface area contributed by atoms with E-state index in [2.05, 4.69) is 5.32 Å². The maximum atomic E-state index is 13.6. The number of hydrogen-bond acceptors (Lipinski definition) is 4. The van der Waals surface area contributed by atoms with Gasteiger partial charge in [0.25, 0.3) is 11.5 Å². The second-order valence-corrected chi connectivity index (χ2v) is 7.50. The number of aromatic nitrogens is 1. The number of carbonyl (C=O) groups is 1. The molecule has 7 heteroatoms. The Bertz CT molecular complexity index is 1110. The van der Waals surface area contributed by atoms with Gasteiger partial charge in [0.15, 0.2) is 6.61 Å². The van der Waals surface area contributed by atoms with Crippen molar-refractivity contribution in [2.75, 3.05) is 33.8 Å². The second kappa shape index (κ2) is 9.54. The SMILES string of the molecule is Cc1cc(=O)n(Cc2cccc(F)c2)c2cc(OCC(=O)NCCN(C)C)ccc12. The summed E-state index contributed by atoms with van der Waals surface area (Å²) >= 11 is 0. The second-order valence-electron chi connectivity index (χ2n) is 7.50. The number of ether oxygens (including phenoxy) is 1. The highest BCUT2D eigenvalue weighted by molar-refractivity contribution is 5.84. The van der Waals surface area contributed by atoms with Crippen LogP contribution in [0.15, 0.2) is 53.3 Å². The van der Waals surface area contributed by atoms with Crippen molar-refractivity contribution < 1.29 is 13.9 Å². The molecule has 1 N–H and O–H groups in total. The van der Waals surface area contributed by atoms with Crippen molar-refractivity contribution in [1.82, 2.24) is 14.8 Å². The Morgan fingerprint density at radius 1 is 1.17 bits per heavy atom. The Hall–Kier alpha value is -3.19. The van der Waals surface area contributed by atoms with Gasteiger partial charge in [-0.05, 0) is 56.4 Å². The lowest BCUT2D eigenvalue weighted by atomic mass is 10.1. The molecule has 1 amide bonds. The summed E-state index contributed by atoms with van der Waals surface area (Å²) in [6.45, 7) is 3.28. The zero-order chi connectivity index (χ0) is 21.7. The number of benzene rings is 2. The lowest BCUT2D eigenvalue weighted by Gasteiger charge is -2.14. The van der Waals surface area contributed by atoms with Crippen LogP contribution in [0.1, 0.15) is 11.1 Å². The first-order chi connectivity index (χ1) is 14.3. The van der Waals surface area contributed by atoms with E-state index < -0.39 is 0 Å². The number of hydrogen-bond donors (Lipinski definition) is 1. The summed E-state index contributed by atoms with van der Waals surface area (Å²) in [5, 5.41) is 3.69. The highest BCUT2D eigenvalue weighted by atomic mass is 19.1. The zero-order valence-corrected chi connectivity index (χ0v) is 17.4. The van der Waals surface area contributed by atoms with Crippen molar-refractivity contribution >= 4 is 16.8 Å². The fourth-order valence-electron chi connectivity index (χ4n) is 3.22. The molecule has 0 saturated carbocycles. The number of rotatable bonds is 8. The molecule has 2 aromatic carbocycles. The minimum Gasteiger partial charge on any atom is -0.484 e. The smallest absolute Gasteiger partial charge is 0.257 e. The molecule has 0 aliphatic rings. The number of nitrogens with zero attached hydrogens (tertiary/aromatic N) is 2. The molecule has 0 aliphatic heterocycles. The van der Waals surface area contributed by atoms with Gasteiger partial charge in [-0.25, -0.2) is 4.39 Å². The number of likely N-dealkylation sites (N-methyl/N-ethyl adjacent to an activating group) is 1. The van der Waals surface area contributed by atoms with Gasteiger partial charge in [-0.2, -0.15) is 0 Å². The lowest BCUT2D eigenvalue weighted by molar-refractivity contribution is -0.123. The summed E-state index contributed by atoms with van der Waals surface area (Å²) in [6, 6.07) is 13.1. The predicted octanol–water partition coefficient (Wildman–Crippen LogP) is 2.55. The fraction of sp³-hybridized carbons (Fsp3) is 0.304. The Morgan fingerprint density at radius 3 is 2.70 bits per heavy atom. The molecule has 0 atom stereocenters. The minimum atomic E-state index is -0.346. The van der Waals surface area contributed by atoms with Crippen LogP contribution in [0.25, 0.3) is 10.9 Å². The van der Waals surface area contributed by atoms with Crippen molar-refractivity contribution in [1.29, 1.82) is 0 Å². The van der Waals surface area contributed by atoms with Gasteiger partial charge < -0.3 is 19.5 Å². The van der Waals surface area contributed by atoms with E-state index in [0.29, 0.717) is 23.4 Å². The maximum absolute atomic E-state index is 13.6. The number of aryl methyl sites for hydroxylation is 1. The van der Waals surface area contributed by atoms with Crippen molar-refractivity contribution in [3.8, 4) is 5.75 Å². The maximum Gasteiger partial charge on any atom is 0.257 e. The average molecular weight is 411 g/mol. The molecule has 6 nitrogen and oxygen atoms in total. The van der Waals surface area contributed by atoms with E-state index >= 15 is 0 Å². The van der Waals surface area contributed by atoms with Gasteiger partial charge in [0.1, 0.15) is 11.6 Å². The van der Waals surface area contributed by atoms with Crippen LogP contribution in [0.5, 0.6) is 5.75 Å². The van der Waals surface area contributed by atoms with Crippen LogP contribution in [-0.4, -0.2) is 49.2 Å². The van der Waals surface area contributed by atoms with Crippen LogP contribution in [0, 0.1) is 12.7 Å². The van der Waals surface area contributed by atoms with Crippen molar-refractivity contribution in [2.24, 2.45) is 0 Å². The molecule has 0 aliphatic carbocycles. The van der Waals surface area contributed by atoms with E-state index in [0.717, 1.165) is 17.5 Å². The molecule has 30 heavy (non-hydrogen) atoms. The van der Waals surface area contributed by atoms with Crippen molar-refractivity contribution in [3.63, 3.8) is 0 Å². The molecule has 0 unspecified atom stereocenters. The molecular weight excluding hydrogens is 385 g/mol. The quantitative estimate of drug-likeness (QED) is 0.619. The number of carbonyl (C=O) groups excluding carboxylic acids is 1. The number of fused-ring (bicyclic) bond motifs is 1. The highest BCUT2D eigenvalue weighted by Crippen LogP contribution is 2.23. The number of nitrogens with one attached hydrogen (secondary N) is 1.